The molecule has 1 aliphatic heterocycles. The summed E-state index contributed by atoms with van der Waals surface area (Å²) < 4.78 is 0. The second kappa shape index (κ2) is 9.49. The Balaban J connectivity index is 1.25. The van der Waals surface area contributed by atoms with Crippen LogP contribution in [0.15, 0.2) is 41.1 Å². The van der Waals surface area contributed by atoms with Crippen LogP contribution in [0.4, 0.5) is 5.13 Å². The Hall–Kier alpha value is -2.58. The highest BCUT2D eigenvalue weighted by atomic mass is 32.1. The zero-order valence-corrected chi connectivity index (χ0v) is 18.5. The van der Waals surface area contributed by atoms with Crippen LogP contribution in [-0.2, 0) is 22.4 Å². The van der Waals surface area contributed by atoms with Gasteiger partial charge in [0, 0.05) is 36.2 Å². The van der Waals surface area contributed by atoms with Gasteiger partial charge in [0.2, 0.25) is 11.8 Å². The molecule has 0 saturated carbocycles. The molecule has 8 heteroatoms. The minimum absolute atomic E-state index is 0.00139. The summed E-state index contributed by atoms with van der Waals surface area (Å²) >= 11 is 3.04. The van der Waals surface area contributed by atoms with E-state index in [1.54, 1.807) is 11.3 Å². The smallest absolute Gasteiger partial charge is 0.229 e. The van der Waals surface area contributed by atoms with Gasteiger partial charge in [-0.05, 0) is 25.3 Å². The first-order valence-corrected chi connectivity index (χ1v) is 11.8. The molecular formula is C22H24N4O2S2. The lowest BCUT2D eigenvalue weighted by molar-refractivity contribution is -0.133. The summed E-state index contributed by atoms with van der Waals surface area (Å²) in [4.78, 5) is 35.9. The van der Waals surface area contributed by atoms with Crippen molar-refractivity contribution in [2.45, 2.75) is 32.6 Å². The van der Waals surface area contributed by atoms with E-state index in [0.717, 1.165) is 22.8 Å². The Bertz CT molecular complexity index is 1010. The summed E-state index contributed by atoms with van der Waals surface area (Å²) in [5.74, 6) is 0.0116. The van der Waals surface area contributed by atoms with Crippen LogP contribution >= 0.6 is 22.7 Å². The van der Waals surface area contributed by atoms with Crippen LogP contribution in [0.1, 0.15) is 34.8 Å². The number of hydrogen-bond donors (Lipinski definition) is 1. The molecule has 30 heavy (non-hydrogen) atoms. The summed E-state index contributed by atoms with van der Waals surface area (Å²) in [6.07, 6.45) is 2.47. The van der Waals surface area contributed by atoms with Crippen molar-refractivity contribution in [1.29, 1.82) is 0 Å². The third-order valence-corrected chi connectivity index (χ3v) is 6.97. The van der Waals surface area contributed by atoms with Crippen LogP contribution in [0, 0.1) is 12.8 Å². The number of anilines is 1. The lowest BCUT2D eigenvalue weighted by atomic mass is 9.95. The standard InChI is InChI=1S/C22H24N4O2S2/c1-15-13-30-22(23-15)25-21(28)17-7-9-26(10-8-17)20(27)12-18-14-29-19(24-18)11-16-5-3-2-4-6-16/h2-6,13-14,17H,7-12H2,1H3,(H,23,25,28). The Morgan fingerprint density at radius 2 is 1.87 bits per heavy atom. The van der Waals surface area contributed by atoms with Crippen molar-refractivity contribution in [2.24, 2.45) is 5.92 Å². The van der Waals surface area contributed by atoms with E-state index in [9.17, 15) is 9.59 Å². The number of piperidine rings is 1. The van der Waals surface area contributed by atoms with Crippen molar-refractivity contribution >= 4 is 39.6 Å². The van der Waals surface area contributed by atoms with Gasteiger partial charge >= 0.3 is 0 Å². The summed E-state index contributed by atoms with van der Waals surface area (Å²) in [5.41, 5.74) is 2.96. The Labute approximate surface area is 184 Å². The molecule has 1 fully saturated rings. The fourth-order valence-corrected chi connectivity index (χ4v) is 5.08. The summed E-state index contributed by atoms with van der Waals surface area (Å²) in [5, 5.41) is 8.46. The molecule has 1 N–H and O–H groups in total. The lowest BCUT2D eigenvalue weighted by Crippen LogP contribution is -2.42. The van der Waals surface area contributed by atoms with Gasteiger partial charge < -0.3 is 10.2 Å². The lowest BCUT2D eigenvalue weighted by Gasteiger charge is -2.31. The molecule has 2 aromatic heterocycles. The predicted molar refractivity (Wildman–Crippen MR) is 120 cm³/mol. The Morgan fingerprint density at radius 1 is 1.10 bits per heavy atom. The van der Waals surface area contributed by atoms with Gasteiger partial charge in [-0.25, -0.2) is 9.97 Å². The highest BCUT2D eigenvalue weighted by Gasteiger charge is 2.28. The van der Waals surface area contributed by atoms with Gasteiger partial charge in [0.1, 0.15) is 0 Å². The number of benzene rings is 1. The number of nitrogens with one attached hydrogen (secondary N) is 1. The molecule has 1 aromatic carbocycles. The number of carbonyl (C=O) groups excluding carboxylic acids is 2. The second-order valence-electron chi connectivity index (χ2n) is 7.51. The van der Waals surface area contributed by atoms with Crippen LogP contribution < -0.4 is 5.32 Å². The zero-order valence-electron chi connectivity index (χ0n) is 16.8. The highest BCUT2D eigenvalue weighted by molar-refractivity contribution is 7.13. The van der Waals surface area contributed by atoms with E-state index in [0.29, 0.717) is 37.5 Å². The first kappa shape index (κ1) is 20.7. The molecule has 0 atom stereocenters. The SMILES string of the molecule is Cc1csc(NC(=O)C2CCN(C(=O)Cc3csc(Cc4ccccc4)n3)CC2)n1. The summed E-state index contributed by atoms with van der Waals surface area (Å²) in [7, 11) is 0. The summed E-state index contributed by atoms with van der Waals surface area (Å²) in [6.45, 7) is 3.12. The van der Waals surface area contributed by atoms with E-state index < -0.39 is 0 Å². The third kappa shape index (κ3) is 5.31. The summed E-state index contributed by atoms with van der Waals surface area (Å²) in [6, 6.07) is 10.2. The highest BCUT2D eigenvalue weighted by Crippen LogP contribution is 2.22. The molecular weight excluding hydrogens is 416 g/mol. The van der Waals surface area contributed by atoms with Crippen molar-refractivity contribution in [3.63, 3.8) is 0 Å². The molecule has 0 spiro atoms. The number of aryl methyl sites for hydroxylation is 1. The number of thiazole rings is 2. The van der Waals surface area contributed by atoms with Gasteiger partial charge in [-0.1, -0.05) is 30.3 Å². The van der Waals surface area contributed by atoms with Gasteiger partial charge in [0.05, 0.1) is 22.8 Å². The minimum Gasteiger partial charge on any atom is -0.342 e. The van der Waals surface area contributed by atoms with Crippen LogP contribution in [0.25, 0.3) is 0 Å². The van der Waals surface area contributed by atoms with Gasteiger partial charge in [0.25, 0.3) is 0 Å². The maximum Gasteiger partial charge on any atom is 0.229 e. The topological polar surface area (TPSA) is 75.2 Å². The molecule has 3 heterocycles. The quantitative estimate of drug-likeness (QED) is 0.630. The monoisotopic (exact) mass is 440 g/mol. The van der Waals surface area contributed by atoms with E-state index in [-0.39, 0.29) is 17.7 Å². The van der Waals surface area contributed by atoms with Crippen LogP contribution in [0.5, 0.6) is 0 Å². The van der Waals surface area contributed by atoms with Crippen molar-refractivity contribution in [2.75, 3.05) is 18.4 Å². The molecule has 3 aromatic rings. The first-order chi connectivity index (χ1) is 14.6. The maximum atomic E-state index is 12.7. The van der Waals surface area contributed by atoms with Crippen molar-refractivity contribution in [3.05, 3.63) is 63.1 Å². The molecule has 2 amide bonds. The van der Waals surface area contributed by atoms with Crippen LogP contribution in [0.2, 0.25) is 0 Å². The minimum atomic E-state index is -0.0741. The molecule has 4 rings (SSSR count). The van der Waals surface area contributed by atoms with Gasteiger partial charge in [-0.3, -0.25) is 9.59 Å². The van der Waals surface area contributed by atoms with Gasteiger partial charge in [0.15, 0.2) is 5.13 Å². The normalized spacial score (nSPS) is 14.6. The van der Waals surface area contributed by atoms with Crippen molar-refractivity contribution in [1.82, 2.24) is 14.9 Å². The first-order valence-electron chi connectivity index (χ1n) is 10.0. The van der Waals surface area contributed by atoms with E-state index in [2.05, 4.69) is 27.4 Å². The molecule has 0 radical (unpaired) electrons. The van der Waals surface area contributed by atoms with Gasteiger partial charge in [-0.2, -0.15) is 0 Å². The molecule has 6 nitrogen and oxygen atoms in total. The average molecular weight is 441 g/mol. The Morgan fingerprint density at radius 3 is 2.57 bits per heavy atom. The van der Waals surface area contributed by atoms with Crippen LogP contribution in [0.3, 0.4) is 0 Å². The number of carbonyl (C=O) groups is 2. The van der Waals surface area contributed by atoms with Crippen LogP contribution in [-0.4, -0.2) is 39.8 Å². The molecule has 0 unspecified atom stereocenters. The Kier molecular flexibility index (Phi) is 6.54. The average Bonchev–Trinajstić information content (AvgIpc) is 3.37. The number of rotatable bonds is 6. The molecule has 1 saturated heterocycles. The number of likely N-dealkylation sites (tertiary alicyclic amines) is 1. The second-order valence-corrected chi connectivity index (χ2v) is 9.31. The fraction of sp³-hybridized carbons (Fsp3) is 0.364. The number of nitrogens with zero attached hydrogens (tertiary/aromatic N) is 3. The predicted octanol–water partition coefficient (Wildman–Crippen LogP) is 3.92. The van der Waals surface area contributed by atoms with Gasteiger partial charge in [-0.15, -0.1) is 22.7 Å². The molecule has 0 bridgehead atoms. The van der Waals surface area contributed by atoms with E-state index >= 15 is 0 Å². The molecule has 1 aliphatic rings. The van der Waals surface area contributed by atoms with E-state index in [1.807, 2.05) is 40.8 Å². The fourth-order valence-electron chi connectivity index (χ4n) is 3.56. The number of hydrogen-bond acceptors (Lipinski definition) is 6. The largest absolute Gasteiger partial charge is 0.342 e. The molecule has 0 aliphatic carbocycles. The van der Waals surface area contributed by atoms with Crippen molar-refractivity contribution in [3.8, 4) is 0 Å². The maximum absolute atomic E-state index is 12.7. The van der Waals surface area contributed by atoms with Crippen molar-refractivity contribution < 1.29 is 9.59 Å². The van der Waals surface area contributed by atoms with E-state index in [4.69, 9.17) is 0 Å². The third-order valence-electron chi connectivity index (χ3n) is 5.20. The van der Waals surface area contributed by atoms with E-state index in [1.165, 1.54) is 16.9 Å². The number of aromatic nitrogens is 2. The molecule has 156 valence electrons. The zero-order chi connectivity index (χ0) is 20.9. The number of amides is 2.